The third-order valence-electron chi connectivity index (χ3n) is 0.626. The van der Waals surface area contributed by atoms with E-state index in [9.17, 15) is 17.9 Å². The van der Waals surface area contributed by atoms with Crippen LogP contribution in [0.15, 0.2) is 0 Å². The molecular weight excluding hydrogens is 286 g/mol. The predicted octanol–water partition coefficient (Wildman–Crippen LogP) is 4.88. The van der Waals surface area contributed by atoms with Crippen molar-refractivity contribution in [2.24, 2.45) is 0 Å². The van der Waals surface area contributed by atoms with Gasteiger partial charge in [-0.25, -0.2) is 0 Å². The van der Waals surface area contributed by atoms with Crippen LogP contribution in [0.25, 0.3) is 0 Å². The molecule has 0 fully saturated rings. The molecule has 0 rings (SSSR count). The Morgan fingerprint density at radius 3 is 1.09 bits per heavy atom. The molecule has 0 saturated carbocycles. The standard InChI is InChI=1S/CCl4F2O2P2/c2-10(3,8)1(6,7)11(4,5)9. The van der Waals surface area contributed by atoms with Crippen molar-refractivity contribution in [3.8, 4) is 0 Å². The van der Waals surface area contributed by atoms with Crippen molar-refractivity contribution in [3.63, 3.8) is 0 Å². The second-order valence-corrected chi connectivity index (χ2v) is 11.5. The fourth-order valence-corrected chi connectivity index (χ4v) is 6.45. The van der Waals surface area contributed by atoms with Crippen LogP contribution in [0.4, 0.5) is 8.78 Å². The maximum absolute atomic E-state index is 12.4. The first-order chi connectivity index (χ1) is 4.50. The molecule has 68 valence electrons. The van der Waals surface area contributed by atoms with E-state index in [2.05, 4.69) is 45.0 Å². The average Bonchev–Trinajstić information content (AvgIpc) is 1.58. The van der Waals surface area contributed by atoms with Crippen molar-refractivity contribution in [2.45, 2.75) is 5.40 Å². The molecule has 0 aliphatic heterocycles. The Bertz CT molecular complexity index is 216. The Balaban J connectivity index is 5.08. The van der Waals surface area contributed by atoms with E-state index in [1.165, 1.54) is 0 Å². The van der Waals surface area contributed by atoms with Crippen LogP contribution >= 0.6 is 56.7 Å². The normalized spacial score (nSPS) is 15.1. The monoisotopic (exact) mass is 284 g/mol. The van der Waals surface area contributed by atoms with Crippen LogP contribution in [-0.2, 0) is 9.13 Å². The molecule has 0 bridgehead atoms. The highest BCUT2D eigenvalue weighted by molar-refractivity contribution is 8.22. The Hall–Kier alpha value is 1.48. The molecule has 0 unspecified atom stereocenters. The van der Waals surface area contributed by atoms with Gasteiger partial charge in [0.15, 0.2) is 0 Å². The van der Waals surface area contributed by atoms with Crippen LogP contribution in [0.1, 0.15) is 0 Å². The van der Waals surface area contributed by atoms with E-state index >= 15 is 0 Å². The highest BCUT2D eigenvalue weighted by Gasteiger charge is 2.61. The summed E-state index contributed by atoms with van der Waals surface area (Å²) in [6, 6.07) is 0. The zero-order valence-corrected chi connectivity index (χ0v) is 9.29. The lowest BCUT2D eigenvalue weighted by molar-refractivity contribution is 0.188. The molecule has 0 saturated heterocycles. The van der Waals surface area contributed by atoms with Gasteiger partial charge in [0.2, 0.25) is 0 Å². The summed E-state index contributed by atoms with van der Waals surface area (Å²) in [7, 11) is 0. The minimum absolute atomic E-state index is 4.45. The van der Waals surface area contributed by atoms with Gasteiger partial charge in [0.05, 0.1) is 0 Å². The molecule has 10 heteroatoms. The first-order valence-corrected chi connectivity index (χ1v) is 8.90. The minimum atomic E-state index is -4.91. The van der Waals surface area contributed by atoms with Crippen LogP contribution in [0.2, 0.25) is 0 Å². The molecule has 0 atom stereocenters. The molecule has 2 nitrogen and oxygen atoms in total. The van der Waals surface area contributed by atoms with E-state index in [1.54, 1.807) is 0 Å². The molecule has 0 spiro atoms. The summed E-state index contributed by atoms with van der Waals surface area (Å²) in [5.41, 5.74) is 0. The fraction of sp³-hybridized carbons (Fsp3) is 1.00. The van der Waals surface area contributed by atoms with Crippen molar-refractivity contribution in [1.82, 2.24) is 0 Å². The second kappa shape index (κ2) is 3.32. The molecule has 0 aromatic rings. The number of rotatable bonds is 2. The van der Waals surface area contributed by atoms with E-state index in [0.717, 1.165) is 0 Å². The van der Waals surface area contributed by atoms with Crippen LogP contribution in [0, 0.1) is 0 Å². The quantitative estimate of drug-likeness (QED) is 0.678. The first-order valence-electron chi connectivity index (χ1n) is 1.87. The van der Waals surface area contributed by atoms with Crippen LogP contribution in [-0.4, -0.2) is 5.40 Å². The Kier molecular flexibility index (Phi) is 3.77. The lowest BCUT2D eigenvalue weighted by atomic mass is 11.6. The van der Waals surface area contributed by atoms with Crippen LogP contribution in [0.3, 0.4) is 0 Å². The molecule has 0 aromatic carbocycles. The first kappa shape index (κ1) is 12.5. The lowest BCUT2D eigenvalue weighted by Gasteiger charge is -2.16. The average molecular weight is 286 g/mol. The van der Waals surface area contributed by atoms with E-state index in [4.69, 9.17) is 0 Å². The van der Waals surface area contributed by atoms with Gasteiger partial charge in [0.1, 0.15) is 0 Å². The summed E-state index contributed by atoms with van der Waals surface area (Å²) >= 11 is 18.2. The molecule has 0 aliphatic rings. The van der Waals surface area contributed by atoms with E-state index in [0.29, 0.717) is 0 Å². The Labute approximate surface area is 80.0 Å². The van der Waals surface area contributed by atoms with Gasteiger partial charge in [-0.3, -0.25) is 9.13 Å². The predicted molar refractivity (Wildman–Crippen MR) is 43.6 cm³/mol. The smallest absolute Gasteiger partial charge is 0.282 e. The lowest BCUT2D eigenvalue weighted by Crippen LogP contribution is -2.05. The van der Waals surface area contributed by atoms with Crippen molar-refractivity contribution >= 4 is 56.7 Å². The number of halogens is 6. The third kappa shape index (κ3) is 2.72. The number of alkyl halides is 2. The Morgan fingerprint density at radius 1 is 0.909 bits per heavy atom. The van der Waals surface area contributed by atoms with E-state index in [1.807, 2.05) is 0 Å². The van der Waals surface area contributed by atoms with Crippen molar-refractivity contribution in [1.29, 1.82) is 0 Å². The summed E-state index contributed by atoms with van der Waals surface area (Å²) in [6.07, 6.45) is 0. The van der Waals surface area contributed by atoms with Gasteiger partial charge >= 0.3 is 17.1 Å². The maximum atomic E-state index is 12.4. The van der Waals surface area contributed by atoms with Gasteiger partial charge in [-0.1, -0.05) is 0 Å². The van der Waals surface area contributed by atoms with Gasteiger partial charge in [-0.15, -0.1) is 0 Å². The molecule has 0 N–H and O–H groups in total. The molecule has 0 radical (unpaired) electrons. The second-order valence-electron chi connectivity index (χ2n) is 1.43. The minimum Gasteiger partial charge on any atom is -0.282 e. The SMILES string of the molecule is O=P(Cl)(Cl)C(F)(F)P(=O)(Cl)Cl. The number of hydrogen-bond donors (Lipinski definition) is 0. The summed E-state index contributed by atoms with van der Waals surface area (Å²) in [4.78, 5) is 0. The summed E-state index contributed by atoms with van der Waals surface area (Å²) in [5.74, 6) is -9.81. The summed E-state index contributed by atoms with van der Waals surface area (Å²) in [6.45, 7) is 0. The van der Waals surface area contributed by atoms with Crippen molar-refractivity contribution in [3.05, 3.63) is 0 Å². The molecule has 11 heavy (non-hydrogen) atoms. The van der Waals surface area contributed by atoms with Crippen molar-refractivity contribution in [2.75, 3.05) is 0 Å². The van der Waals surface area contributed by atoms with E-state index in [-0.39, 0.29) is 0 Å². The fourth-order valence-electron chi connectivity index (χ4n) is 0.136. The van der Waals surface area contributed by atoms with Gasteiger partial charge < -0.3 is 0 Å². The van der Waals surface area contributed by atoms with Gasteiger partial charge in [0, 0.05) is 0 Å². The third-order valence-corrected chi connectivity index (χ3v) is 7.53. The highest BCUT2D eigenvalue weighted by Crippen LogP contribution is 2.86. The zero-order valence-electron chi connectivity index (χ0n) is 4.48. The molecule has 0 amide bonds. The largest absolute Gasteiger partial charge is 0.400 e. The maximum Gasteiger partial charge on any atom is 0.400 e. The topological polar surface area (TPSA) is 34.1 Å². The highest BCUT2D eigenvalue weighted by atomic mass is 35.9. The summed E-state index contributed by atoms with van der Waals surface area (Å²) in [5, 5.41) is -4.45. The molecule has 0 aliphatic carbocycles. The zero-order chi connectivity index (χ0) is 9.50. The number of hydrogen-bond acceptors (Lipinski definition) is 2. The molecule has 0 aromatic heterocycles. The van der Waals surface area contributed by atoms with Gasteiger partial charge in [0.25, 0.3) is 0 Å². The van der Waals surface area contributed by atoms with Crippen LogP contribution in [0.5, 0.6) is 0 Å². The van der Waals surface area contributed by atoms with Crippen LogP contribution < -0.4 is 0 Å². The molecular formula is CCl4F2O2P2. The molecule has 0 heterocycles. The van der Waals surface area contributed by atoms with Gasteiger partial charge in [-0.2, -0.15) is 8.78 Å². The van der Waals surface area contributed by atoms with Gasteiger partial charge in [-0.05, 0) is 45.0 Å². The summed E-state index contributed by atoms with van der Waals surface area (Å²) < 4.78 is 45.4. The Morgan fingerprint density at radius 2 is 1.09 bits per heavy atom. The van der Waals surface area contributed by atoms with Crippen molar-refractivity contribution < 1.29 is 17.9 Å². The van der Waals surface area contributed by atoms with E-state index < -0.39 is 17.1 Å².